The molecule has 0 spiro atoms. The molecule has 68 valence electrons. The first-order valence-corrected chi connectivity index (χ1v) is 4.18. The minimum atomic E-state index is -0.0700. The van der Waals surface area contributed by atoms with Crippen LogP contribution < -0.4 is 5.32 Å². The van der Waals surface area contributed by atoms with E-state index in [-0.39, 0.29) is 18.9 Å². The summed E-state index contributed by atoms with van der Waals surface area (Å²) in [5.74, 6) is -0.0700. The van der Waals surface area contributed by atoms with Gasteiger partial charge < -0.3 is 10.4 Å². The Morgan fingerprint density at radius 1 is 1.45 bits per heavy atom. The van der Waals surface area contributed by atoms with Crippen molar-refractivity contribution in [1.82, 2.24) is 5.32 Å². The molecule has 0 aromatic heterocycles. The average Bonchev–Trinajstić information content (AvgIpc) is 2.05. The zero-order chi connectivity index (χ0) is 9.11. The molecule has 0 unspecified atom stereocenters. The standard InChI is InChI=1S/C6H13NO2.C2H6/c1-2-4-7-6(9)3-5-8;1-2/h8H,2-5H2,1H3,(H,7,9);1-2H3. The van der Waals surface area contributed by atoms with Crippen molar-refractivity contribution in [3.05, 3.63) is 0 Å². The topological polar surface area (TPSA) is 49.3 Å². The summed E-state index contributed by atoms with van der Waals surface area (Å²) >= 11 is 0. The molecule has 0 aliphatic rings. The lowest BCUT2D eigenvalue weighted by atomic mass is 10.4. The maximum absolute atomic E-state index is 10.5. The number of nitrogens with one attached hydrogen (secondary N) is 1. The van der Waals surface area contributed by atoms with E-state index in [1.807, 2.05) is 20.8 Å². The van der Waals surface area contributed by atoms with Crippen LogP contribution in [0.3, 0.4) is 0 Å². The van der Waals surface area contributed by atoms with Crippen molar-refractivity contribution in [3.63, 3.8) is 0 Å². The second kappa shape index (κ2) is 12.1. The van der Waals surface area contributed by atoms with Gasteiger partial charge in [-0.05, 0) is 6.42 Å². The molecule has 0 saturated heterocycles. The summed E-state index contributed by atoms with van der Waals surface area (Å²) in [6.45, 7) is 6.63. The summed E-state index contributed by atoms with van der Waals surface area (Å²) < 4.78 is 0. The molecule has 11 heavy (non-hydrogen) atoms. The van der Waals surface area contributed by atoms with Crippen LogP contribution in [0, 0.1) is 0 Å². The maximum atomic E-state index is 10.5. The van der Waals surface area contributed by atoms with Gasteiger partial charge in [0.15, 0.2) is 0 Å². The fourth-order valence-corrected chi connectivity index (χ4v) is 0.454. The van der Waals surface area contributed by atoms with E-state index in [1.54, 1.807) is 0 Å². The SMILES string of the molecule is CC.CCCNC(=O)CCO. The van der Waals surface area contributed by atoms with Crippen molar-refractivity contribution in [1.29, 1.82) is 0 Å². The Kier molecular flexibility index (Phi) is 14.4. The van der Waals surface area contributed by atoms with Crippen LogP contribution in [0.5, 0.6) is 0 Å². The summed E-state index contributed by atoms with van der Waals surface area (Å²) in [5.41, 5.74) is 0. The van der Waals surface area contributed by atoms with Crippen molar-refractivity contribution in [2.24, 2.45) is 0 Å². The number of carbonyl (C=O) groups excluding carboxylic acids is 1. The van der Waals surface area contributed by atoms with Crippen LogP contribution in [0.15, 0.2) is 0 Å². The molecule has 0 heterocycles. The molecule has 0 aliphatic carbocycles. The Bertz CT molecular complexity index is 84.2. The lowest BCUT2D eigenvalue weighted by Crippen LogP contribution is -2.24. The van der Waals surface area contributed by atoms with Gasteiger partial charge in [0.25, 0.3) is 0 Å². The van der Waals surface area contributed by atoms with E-state index in [0.717, 1.165) is 6.42 Å². The van der Waals surface area contributed by atoms with E-state index in [1.165, 1.54) is 0 Å². The molecular formula is C8H19NO2. The maximum Gasteiger partial charge on any atom is 0.222 e. The van der Waals surface area contributed by atoms with Gasteiger partial charge in [-0.15, -0.1) is 0 Å². The van der Waals surface area contributed by atoms with Gasteiger partial charge in [0.1, 0.15) is 0 Å². The molecule has 3 heteroatoms. The highest BCUT2D eigenvalue weighted by Gasteiger charge is 1.95. The zero-order valence-electron chi connectivity index (χ0n) is 7.68. The largest absolute Gasteiger partial charge is 0.396 e. The predicted octanol–water partition coefficient (Wildman–Crippen LogP) is 0.921. The summed E-state index contributed by atoms with van der Waals surface area (Å²) in [4.78, 5) is 10.5. The zero-order valence-corrected chi connectivity index (χ0v) is 7.68. The Balaban J connectivity index is 0. The molecule has 0 fully saturated rings. The fraction of sp³-hybridized carbons (Fsp3) is 0.875. The van der Waals surface area contributed by atoms with E-state index in [0.29, 0.717) is 6.54 Å². The quantitative estimate of drug-likeness (QED) is 0.644. The number of amides is 1. The molecule has 2 N–H and O–H groups in total. The van der Waals surface area contributed by atoms with Crippen molar-refractivity contribution in [2.75, 3.05) is 13.2 Å². The number of hydrogen-bond acceptors (Lipinski definition) is 2. The first-order chi connectivity index (χ1) is 5.31. The molecule has 0 atom stereocenters. The van der Waals surface area contributed by atoms with E-state index in [9.17, 15) is 4.79 Å². The van der Waals surface area contributed by atoms with Gasteiger partial charge in [-0.2, -0.15) is 0 Å². The molecule has 0 aromatic rings. The molecular weight excluding hydrogens is 142 g/mol. The molecule has 0 aliphatic heterocycles. The van der Waals surface area contributed by atoms with E-state index in [2.05, 4.69) is 5.32 Å². The Labute approximate surface area is 68.8 Å². The highest BCUT2D eigenvalue weighted by molar-refractivity contribution is 5.75. The smallest absolute Gasteiger partial charge is 0.222 e. The van der Waals surface area contributed by atoms with Gasteiger partial charge in [0, 0.05) is 13.0 Å². The minimum Gasteiger partial charge on any atom is -0.396 e. The van der Waals surface area contributed by atoms with Crippen LogP contribution in [-0.2, 0) is 4.79 Å². The summed E-state index contributed by atoms with van der Waals surface area (Å²) in [6, 6.07) is 0. The Morgan fingerprint density at radius 3 is 2.36 bits per heavy atom. The van der Waals surface area contributed by atoms with E-state index >= 15 is 0 Å². The van der Waals surface area contributed by atoms with Gasteiger partial charge in [-0.3, -0.25) is 4.79 Å². The molecule has 0 saturated carbocycles. The van der Waals surface area contributed by atoms with Crippen molar-refractivity contribution in [2.45, 2.75) is 33.6 Å². The third-order valence-electron chi connectivity index (χ3n) is 0.911. The first kappa shape index (κ1) is 13.1. The van der Waals surface area contributed by atoms with Gasteiger partial charge in [0.05, 0.1) is 6.61 Å². The third kappa shape index (κ3) is 12.6. The van der Waals surface area contributed by atoms with E-state index in [4.69, 9.17) is 5.11 Å². The van der Waals surface area contributed by atoms with Gasteiger partial charge in [0.2, 0.25) is 5.91 Å². The molecule has 3 nitrogen and oxygen atoms in total. The Morgan fingerprint density at radius 2 is 2.00 bits per heavy atom. The van der Waals surface area contributed by atoms with Crippen molar-refractivity contribution in [3.8, 4) is 0 Å². The highest BCUT2D eigenvalue weighted by Crippen LogP contribution is 1.76. The number of rotatable bonds is 4. The predicted molar refractivity (Wildman–Crippen MR) is 46.4 cm³/mol. The second-order valence-electron chi connectivity index (χ2n) is 1.82. The summed E-state index contributed by atoms with van der Waals surface area (Å²) in [6.07, 6.45) is 1.16. The van der Waals surface area contributed by atoms with Crippen LogP contribution in [0.2, 0.25) is 0 Å². The second-order valence-corrected chi connectivity index (χ2v) is 1.82. The number of carbonyl (C=O) groups is 1. The number of hydrogen-bond donors (Lipinski definition) is 2. The minimum absolute atomic E-state index is 0.0600. The van der Waals surface area contributed by atoms with Crippen LogP contribution in [0.4, 0.5) is 0 Å². The van der Waals surface area contributed by atoms with Gasteiger partial charge in [-0.1, -0.05) is 20.8 Å². The summed E-state index contributed by atoms with van der Waals surface area (Å²) in [5, 5.41) is 10.9. The van der Waals surface area contributed by atoms with Gasteiger partial charge in [-0.25, -0.2) is 0 Å². The molecule has 0 rings (SSSR count). The van der Waals surface area contributed by atoms with Crippen molar-refractivity contribution < 1.29 is 9.90 Å². The Hall–Kier alpha value is -0.570. The summed E-state index contributed by atoms with van der Waals surface area (Å²) in [7, 11) is 0. The lowest BCUT2D eigenvalue weighted by Gasteiger charge is -1.98. The van der Waals surface area contributed by atoms with Crippen molar-refractivity contribution >= 4 is 5.91 Å². The monoisotopic (exact) mass is 161 g/mol. The number of aliphatic hydroxyl groups is 1. The normalized spacial score (nSPS) is 8.00. The van der Waals surface area contributed by atoms with Crippen LogP contribution >= 0.6 is 0 Å². The molecule has 1 amide bonds. The van der Waals surface area contributed by atoms with Crippen LogP contribution in [0.1, 0.15) is 33.6 Å². The lowest BCUT2D eigenvalue weighted by molar-refractivity contribution is -0.121. The van der Waals surface area contributed by atoms with Crippen LogP contribution in [0.25, 0.3) is 0 Å². The third-order valence-corrected chi connectivity index (χ3v) is 0.911. The first-order valence-electron chi connectivity index (χ1n) is 4.18. The van der Waals surface area contributed by atoms with Gasteiger partial charge >= 0.3 is 0 Å². The molecule has 0 radical (unpaired) electrons. The highest BCUT2D eigenvalue weighted by atomic mass is 16.3. The van der Waals surface area contributed by atoms with E-state index < -0.39 is 0 Å². The number of aliphatic hydroxyl groups excluding tert-OH is 1. The van der Waals surface area contributed by atoms with Crippen LogP contribution in [-0.4, -0.2) is 24.2 Å². The molecule has 0 aromatic carbocycles. The molecule has 0 bridgehead atoms. The fourth-order valence-electron chi connectivity index (χ4n) is 0.454. The average molecular weight is 161 g/mol.